The van der Waals surface area contributed by atoms with Gasteiger partial charge in [0.05, 0.1) is 6.61 Å². The Balaban J connectivity index is 1.65. The summed E-state index contributed by atoms with van der Waals surface area (Å²) in [4.78, 5) is 1.03. The molecular formula is C11H17NO2S. The van der Waals surface area contributed by atoms with E-state index in [0.717, 1.165) is 31.1 Å². The van der Waals surface area contributed by atoms with Crippen molar-refractivity contribution in [2.45, 2.75) is 12.5 Å². The molecule has 0 radical (unpaired) electrons. The number of thiophene rings is 1. The van der Waals surface area contributed by atoms with Crippen molar-refractivity contribution < 1.29 is 9.84 Å². The van der Waals surface area contributed by atoms with Crippen LogP contribution in [-0.2, 0) is 4.74 Å². The predicted octanol–water partition coefficient (Wildman–Crippen LogP) is 1.41. The zero-order valence-corrected chi connectivity index (χ0v) is 9.50. The van der Waals surface area contributed by atoms with Gasteiger partial charge in [-0.2, -0.15) is 0 Å². The molecule has 0 aliphatic carbocycles. The summed E-state index contributed by atoms with van der Waals surface area (Å²) in [5.74, 6) is 0.625. The van der Waals surface area contributed by atoms with Crippen LogP contribution in [0.3, 0.4) is 0 Å². The van der Waals surface area contributed by atoms with Gasteiger partial charge in [0, 0.05) is 24.6 Å². The molecule has 2 atom stereocenters. The quantitative estimate of drug-likeness (QED) is 0.799. The van der Waals surface area contributed by atoms with Crippen molar-refractivity contribution in [3.8, 4) is 0 Å². The van der Waals surface area contributed by atoms with Gasteiger partial charge in [0.1, 0.15) is 6.10 Å². The third-order valence-corrected chi connectivity index (χ3v) is 3.64. The Hall–Kier alpha value is -0.420. The lowest BCUT2D eigenvalue weighted by molar-refractivity contribution is 0.169. The Kier molecular flexibility index (Phi) is 4.14. The maximum atomic E-state index is 9.80. The predicted molar refractivity (Wildman–Crippen MR) is 61.1 cm³/mol. The SMILES string of the molecule is OC(CNCC1CCOC1)c1cccs1. The van der Waals surface area contributed by atoms with E-state index in [1.54, 1.807) is 11.3 Å². The van der Waals surface area contributed by atoms with E-state index in [1.165, 1.54) is 0 Å². The van der Waals surface area contributed by atoms with Gasteiger partial charge in [-0.25, -0.2) is 0 Å². The van der Waals surface area contributed by atoms with E-state index in [2.05, 4.69) is 5.32 Å². The Bertz CT molecular complexity index is 270. The lowest BCUT2D eigenvalue weighted by Crippen LogP contribution is -2.27. The van der Waals surface area contributed by atoms with Crippen LogP contribution in [0.25, 0.3) is 0 Å². The van der Waals surface area contributed by atoms with Crippen molar-refractivity contribution in [3.05, 3.63) is 22.4 Å². The number of ether oxygens (including phenoxy) is 1. The molecule has 15 heavy (non-hydrogen) atoms. The molecule has 1 fully saturated rings. The van der Waals surface area contributed by atoms with Crippen LogP contribution < -0.4 is 5.32 Å². The highest BCUT2D eigenvalue weighted by Gasteiger charge is 2.15. The highest BCUT2D eigenvalue weighted by molar-refractivity contribution is 7.10. The van der Waals surface area contributed by atoms with E-state index in [-0.39, 0.29) is 6.10 Å². The minimum atomic E-state index is -0.368. The highest BCUT2D eigenvalue weighted by atomic mass is 32.1. The highest BCUT2D eigenvalue weighted by Crippen LogP contribution is 2.18. The van der Waals surface area contributed by atoms with Crippen molar-refractivity contribution in [1.29, 1.82) is 0 Å². The molecule has 2 heterocycles. The first-order valence-corrected chi connectivity index (χ1v) is 6.24. The van der Waals surface area contributed by atoms with Crippen LogP contribution in [-0.4, -0.2) is 31.4 Å². The second-order valence-electron chi connectivity index (χ2n) is 3.92. The van der Waals surface area contributed by atoms with Gasteiger partial charge >= 0.3 is 0 Å². The fourth-order valence-electron chi connectivity index (χ4n) is 1.75. The first kappa shape index (κ1) is 11.1. The van der Waals surface area contributed by atoms with Crippen LogP contribution in [0.5, 0.6) is 0 Å². The minimum Gasteiger partial charge on any atom is -0.386 e. The molecule has 3 nitrogen and oxygen atoms in total. The molecule has 0 amide bonds. The molecule has 0 spiro atoms. The van der Waals surface area contributed by atoms with E-state index >= 15 is 0 Å². The summed E-state index contributed by atoms with van der Waals surface area (Å²) in [6.45, 7) is 3.33. The molecule has 2 rings (SSSR count). The first-order valence-electron chi connectivity index (χ1n) is 5.36. The fraction of sp³-hybridized carbons (Fsp3) is 0.636. The van der Waals surface area contributed by atoms with E-state index in [9.17, 15) is 5.11 Å². The maximum Gasteiger partial charge on any atom is 0.101 e. The summed E-state index contributed by atoms with van der Waals surface area (Å²) in [6, 6.07) is 3.93. The van der Waals surface area contributed by atoms with Gasteiger partial charge in [0.15, 0.2) is 0 Å². The molecule has 84 valence electrons. The normalized spacial score (nSPS) is 23.1. The fourth-order valence-corrected chi connectivity index (χ4v) is 2.46. The van der Waals surface area contributed by atoms with E-state index < -0.39 is 0 Å². The van der Waals surface area contributed by atoms with Gasteiger partial charge in [-0.1, -0.05) is 6.07 Å². The number of nitrogens with one attached hydrogen (secondary N) is 1. The zero-order valence-electron chi connectivity index (χ0n) is 8.69. The smallest absolute Gasteiger partial charge is 0.101 e. The van der Waals surface area contributed by atoms with Crippen LogP contribution in [0.1, 0.15) is 17.4 Å². The molecule has 2 N–H and O–H groups in total. The van der Waals surface area contributed by atoms with E-state index in [1.807, 2.05) is 17.5 Å². The average molecular weight is 227 g/mol. The summed E-state index contributed by atoms with van der Waals surface area (Å²) < 4.78 is 5.29. The second kappa shape index (κ2) is 5.61. The number of hydrogen-bond donors (Lipinski definition) is 2. The monoisotopic (exact) mass is 227 g/mol. The lowest BCUT2D eigenvalue weighted by atomic mass is 10.1. The Labute approximate surface area is 94.1 Å². The molecule has 4 heteroatoms. The zero-order chi connectivity index (χ0) is 10.5. The first-order chi connectivity index (χ1) is 7.36. The Morgan fingerprint density at radius 2 is 2.60 bits per heavy atom. The van der Waals surface area contributed by atoms with Gasteiger partial charge in [0.2, 0.25) is 0 Å². The summed E-state index contributed by atoms with van der Waals surface area (Å²) in [5, 5.41) is 15.1. The number of aliphatic hydroxyl groups excluding tert-OH is 1. The van der Waals surface area contributed by atoms with Gasteiger partial charge in [-0.15, -0.1) is 11.3 Å². The summed E-state index contributed by atoms with van der Waals surface area (Å²) in [7, 11) is 0. The Morgan fingerprint density at radius 3 is 3.27 bits per heavy atom. The van der Waals surface area contributed by atoms with Crippen molar-refractivity contribution in [2.75, 3.05) is 26.3 Å². The van der Waals surface area contributed by atoms with Crippen LogP contribution in [0.15, 0.2) is 17.5 Å². The molecule has 2 unspecified atom stereocenters. The molecule has 0 bridgehead atoms. The van der Waals surface area contributed by atoms with Gasteiger partial charge in [0.25, 0.3) is 0 Å². The molecule has 0 aromatic carbocycles. The van der Waals surface area contributed by atoms with Crippen molar-refractivity contribution in [1.82, 2.24) is 5.32 Å². The van der Waals surface area contributed by atoms with Crippen LogP contribution in [0, 0.1) is 5.92 Å². The van der Waals surface area contributed by atoms with Crippen molar-refractivity contribution in [2.24, 2.45) is 5.92 Å². The molecule has 0 saturated carbocycles. The number of aliphatic hydroxyl groups is 1. The van der Waals surface area contributed by atoms with Crippen molar-refractivity contribution >= 4 is 11.3 Å². The van der Waals surface area contributed by atoms with Crippen molar-refractivity contribution in [3.63, 3.8) is 0 Å². The number of hydrogen-bond acceptors (Lipinski definition) is 4. The summed E-state index contributed by atoms with van der Waals surface area (Å²) in [6.07, 6.45) is 0.773. The number of rotatable bonds is 5. The summed E-state index contributed by atoms with van der Waals surface area (Å²) >= 11 is 1.60. The molecule has 1 aromatic rings. The largest absolute Gasteiger partial charge is 0.386 e. The third-order valence-electron chi connectivity index (χ3n) is 2.67. The standard InChI is InChI=1S/C11H17NO2S/c13-10(11-2-1-5-15-11)7-12-6-9-3-4-14-8-9/h1-2,5,9-10,12-13H,3-4,6-8H2. The van der Waals surface area contributed by atoms with Crippen LogP contribution >= 0.6 is 11.3 Å². The van der Waals surface area contributed by atoms with E-state index in [0.29, 0.717) is 12.5 Å². The van der Waals surface area contributed by atoms with Gasteiger partial charge in [-0.3, -0.25) is 0 Å². The van der Waals surface area contributed by atoms with Gasteiger partial charge in [-0.05, 0) is 23.8 Å². The molecular weight excluding hydrogens is 210 g/mol. The van der Waals surface area contributed by atoms with Gasteiger partial charge < -0.3 is 15.2 Å². The third kappa shape index (κ3) is 3.28. The van der Waals surface area contributed by atoms with Crippen LogP contribution in [0.4, 0.5) is 0 Å². The molecule has 1 aromatic heterocycles. The van der Waals surface area contributed by atoms with Crippen LogP contribution in [0.2, 0.25) is 0 Å². The summed E-state index contributed by atoms with van der Waals surface area (Å²) in [5.41, 5.74) is 0. The maximum absolute atomic E-state index is 9.80. The Morgan fingerprint density at radius 1 is 1.67 bits per heavy atom. The minimum absolute atomic E-state index is 0.368. The molecule has 1 saturated heterocycles. The topological polar surface area (TPSA) is 41.5 Å². The van der Waals surface area contributed by atoms with E-state index in [4.69, 9.17) is 4.74 Å². The molecule has 1 aliphatic rings. The lowest BCUT2D eigenvalue weighted by Gasteiger charge is -2.12. The molecule has 1 aliphatic heterocycles. The second-order valence-corrected chi connectivity index (χ2v) is 4.90. The average Bonchev–Trinajstić information content (AvgIpc) is 2.90.